The van der Waals surface area contributed by atoms with Gasteiger partial charge >= 0.3 is 6.18 Å². The minimum atomic E-state index is -4.39. The number of carbonyl (C=O) groups excluding carboxylic acids is 1. The molecular formula is C25H24F3N5O3S. The second kappa shape index (κ2) is 10.6. The van der Waals surface area contributed by atoms with E-state index in [0.717, 1.165) is 40.4 Å². The van der Waals surface area contributed by atoms with Crippen LogP contribution in [0.5, 0.6) is 5.75 Å². The van der Waals surface area contributed by atoms with Crippen molar-refractivity contribution in [1.29, 1.82) is 0 Å². The van der Waals surface area contributed by atoms with Crippen molar-refractivity contribution in [1.82, 2.24) is 24.9 Å². The standard InChI is InChI=1S/C25H24F3N5O3S/c1-16-29-21-12-20(6-7-22(21)37-16)35-15-19(34)13-32-8-10-33(11-9-32)14-23-30-24(36-31-23)17-2-4-18(5-3-17)25(26,27)28/h2-7,12H,8-11,13-15H2,1H3. The van der Waals surface area contributed by atoms with E-state index in [0.29, 0.717) is 43.3 Å². The van der Waals surface area contributed by atoms with Crippen molar-refractivity contribution in [3.05, 3.63) is 58.9 Å². The number of alkyl halides is 3. The quantitative estimate of drug-likeness (QED) is 0.330. The van der Waals surface area contributed by atoms with E-state index in [1.54, 1.807) is 11.3 Å². The van der Waals surface area contributed by atoms with Gasteiger partial charge in [0, 0.05) is 37.8 Å². The number of Topliss-reactive ketones (excluding diaryl/α,β-unsaturated/α-hetero) is 1. The van der Waals surface area contributed by atoms with Crippen molar-refractivity contribution in [2.45, 2.75) is 19.6 Å². The first-order valence-corrected chi connectivity index (χ1v) is 12.5. The minimum absolute atomic E-state index is 0.00218. The van der Waals surface area contributed by atoms with Crippen LogP contribution in [0.15, 0.2) is 47.0 Å². The summed E-state index contributed by atoms with van der Waals surface area (Å²) in [6.45, 7) is 5.58. The number of ketones is 1. The largest absolute Gasteiger partial charge is 0.486 e. The van der Waals surface area contributed by atoms with Crippen molar-refractivity contribution < 1.29 is 27.2 Å². The van der Waals surface area contributed by atoms with Crippen LogP contribution in [0.4, 0.5) is 13.2 Å². The van der Waals surface area contributed by atoms with Crippen LogP contribution in [-0.2, 0) is 17.5 Å². The van der Waals surface area contributed by atoms with Gasteiger partial charge in [-0.05, 0) is 43.3 Å². The van der Waals surface area contributed by atoms with Crippen LogP contribution >= 0.6 is 11.3 Å². The number of piperazine rings is 1. The molecule has 2 aromatic heterocycles. The molecule has 0 N–H and O–H groups in total. The van der Waals surface area contributed by atoms with Gasteiger partial charge in [-0.15, -0.1) is 11.3 Å². The van der Waals surface area contributed by atoms with Crippen molar-refractivity contribution in [3.8, 4) is 17.2 Å². The summed E-state index contributed by atoms with van der Waals surface area (Å²) >= 11 is 1.62. The number of halogens is 3. The van der Waals surface area contributed by atoms with Crippen LogP contribution in [0.2, 0.25) is 0 Å². The first kappa shape index (κ1) is 25.3. The van der Waals surface area contributed by atoms with Crippen LogP contribution in [0.25, 0.3) is 21.7 Å². The highest BCUT2D eigenvalue weighted by atomic mass is 32.1. The maximum atomic E-state index is 12.8. The van der Waals surface area contributed by atoms with Gasteiger partial charge in [-0.1, -0.05) is 5.16 Å². The second-order valence-corrected chi connectivity index (χ2v) is 10.1. The number of fused-ring (bicyclic) bond motifs is 1. The Balaban J connectivity index is 1.06. The molecule has 5 rings (SSSR count). The number of nitrogens with zero attached hydrogens (tertiary/aromatic N) is 5. The number of benzene rings is 2. The molecule has 0 unspecified atom stereocenters. The second-order valence-electron chi connectivity index (χ2n) is 8.83. The van der Waals surface area contributed by atoms with E-state index in [-0.39, 0.29) is 18.3 Å². The highest BCUT2D eigenvalue weighted by Gasteiger charge is 2.30. The lowest BCUT2D eigenvalue weighted by Crippen LogP contribution is -2.48. The Morgan fingerprint density at radius 2 is 1.78 bits per heavy atom. The number of thiazole rings is 1. The molecule has 1 aliphatic heterocycles. The van der Waals surface area contributed by atoms with E-state index in [4.69, 9.17) is 9.26 Å². The van der Waals surface area contributed by atoms with Gasteiger partial charge in [0.2, 0.25) is 0 Å². The molecule has 1 fully saturated rings. The third-order valence-corrected chi connectivity index (χ3v) is 6.97. The van der Waals surface area contributed by atoms with Gasteiger partial charge in [-0.3, -0.25) is 14.6 Å². The third-order valence-electron chi connectivity index (χ3n) is 6.02. The van der Waals surface area contributed by atoms with Crippen molar-refractivity contribution in [2.24, 2.45) is 0 Å². The van der Waals surface area contributed by atoms with Gasteiger partial charge in [0.05, 0.1) is 33.9 Å². The Kier molecular flexibility index (Phi) is 7.22. The summed E-state index contributed by atoms with van der Waals surface area (Å²) < 4.78 is 50.3. The Bertz CT molecular complexity index is 1380. The predicted molar refractivity (Wildman–Crippen MR) is 131 cm³/mol. The normalized spacial score (nSPS) is 15.4. The van der Waals surface area contributed by atoms with E-state index >= 15 is 0 Å². The van der Waals surface area contributed by atoms with E-state index in [1.807, 2.05) is 25.1 Å². The van der Waals surface area contributed by atoms with Crippen LogP contribution in [0, 0.1) is 6.92 Å². The number of hydrogen-bond acceptors (Lipinski definition) is 9. The summed E-state index contributed by atoms with van der Waals surface area (Å²) in [7, 11) is 0. The monoisotopic (exact) mass is 531 g/mol. The molecule has 2 aromatic carbocycles. The molecular weight excluding hydrogens is 507 g/mol. The van der Waals surface area contributed by atoms with Crippen LogP contribution in [-0.4, -0.2) is 70.0 Å². The highest BCUT2D eigenvalue weighted by Crippen LogP contribution is 2.30. The maximum absolute atomic E-state index is 12.8. The van der Waals surface area contributed by atoms with Crippen LogP contribution in [0.1, 0.15) is 16.4 Å². The molecule has 8 nitrogen and oxygen atoms in total. The molecule has 1 aliphatic rings. The lowest BCUT2D eigenvalue weighted by atomic mass is 10.1. The molecule has 0 amide bonds. The van der Waals surface area contributed by atoms with Crippen molar-refractivity contribution in [2.75, 3.05) is 39.3 Å². The molecule has 3 heterocycles. The predicted octanol–water partition coefficient (Wildman–Crippen LogP) is 4.44. The van der Waals surface area contributed by atoms with Gasteiger partial charge in [-0.25, -0.2) is 4.98 Å². The van der Waals surface area contributed by atoms with Gasteiger partial charge in [0.25, 0.3) is 5.89 Å². The Hall–Kier alpha value is -3.35. The number of aryl methyl sites for hydroxylation is 1. The summed E-state index contributed by atoms with van der Waals surface area (Å²) in [6, 6.07) is 10.3. The number of aromatic nitrogens is 3. The molecule has 37 heavy (non-hydrogen) atoms. The number of carbonyl (C=O) groups is 1. The third kappa shape index (κ3) is 6.32. The smallest absolute Gasteiger partial charge is 0.416 e. The van der Waals surface area contributed by atoms with Gasteiger partial charge in [-0.2, -0.15) is 18.2 Å². The SMILES string of the molecule is Cc1nc2cc(OCC(=O)CN3CCN(Cc4noc(-c5ccc(C(F)(F)F)cc5)n4)CC3)ccc2s1. The maximum Gasteiger partial charge on any atom is 0.416 e. The zero-order valence-corrected chi connectivity index (χ0v) is 20.8. The molecule has 0 saturated carbocycles. The molecule has 12 heteroatoms. The number of ether oxygens (including phenoxy) is 1. The van der Waals surface area contributed by atoms with E-state index in [1.165, 1.54) is 12.1 Å². The Morgan fingerprint density at radius 1 is 1.05 bits per heavy atom. The Labute approximate surface area is 214 Å². The molecule has 194 valence electrons. The van der Waals surface area contributed by atoms with Gasteiger partial charge in [0.1, 0.15) is 12.4 Å². The summed E-state index contributed by atoms with van der Waals surface area (Å²) in [5.41, 5.74) is 0.571. The molecule has 4 aromatic rings. The zero-order chi connectivity index (χ0) is 26.0. The van der Waals surface area contributed by atoms with E-state index in [9.17, 15) is 18.0 Å². The number of hydrogen-bond donors (Lipinski definition) is 0. The number of rotatable bonds is 8. The fourth-order valence-corrected chi connectivity index (χ4v) is 4.92. The van der Waals surface area contributed by atoms with Crippen LogP contribution < -0.4 is 4.74 Å². The molecule has 0 bridgehead atoms. The topological polar surface area (TPSA) is 84.6 Å². The molecule has 0 aliphatic carbocycles. The highest BCUT2D eigenvalue weighted by molar-refractivity contribution is 7.18. The fraction of sp³-hybridized carbons (Fsp3) is 0.360. The average Bonchev–Trinajstić information content (AvgIpc) is 3.49. The Morgan fingerprint density at radius 3 is 2.51 bits per heavy atom. The zero-order valence-electron chi connectivity index (χ0n) is 20.0. The summed E-state index contributed by atoms with van der Waals surface area (Å²) in [6.07, 6.45) is -4.39. The average molecular weight is 532 g/mol. The fourth-order valence-electron chi connectivity index (χ4n) is 4.11. The molecule has 0 radical (unpaired) electrons. The summed E-state index contributed by atoms with van der Waals surface area (Å²) in [4.78, 5) is 25.4. The lowest BCUT2D eigenvalue weighted by molar-refractivity contribution is -0.137. The summed E-state index contributed by atoms with van der Waals surface area (Å²) in [5.74, 6) is 1.27. The van der Waals surface area contributed by atoms with E-state index in [2.05, 4.69) is 24.9 Å². The molecule has 0 spiro atoms. The minimum Gasteiger partial charge on any atom is -0.486 e. The summed E-state index contributed by atoms with van der Waals surface area (Å²) in [5, 5.41) is 4.95. The van der Waals surface area contributed by atoms with Gasteiger partial charge in [0.15, 0.2) is 11.6 Å². The molecule has 0 atom stereocenters. The first-order chi connectivity index (χ1) is 17.7. The van der Waals surface area contributed by atoms with Gasteiger partial charge < -0.3 is 9.26 Å². The van der Waals surface area contributed by atoms with E-state index < -0.39 is 11.7 Å². The van der Waals surface area contributed by atoms with Crippen molar-refractivity contribution >= 4 is 27.3 Å². The first-order valence-electron chi connectivity index (χ1n) is 11.7. The van der Waals surface area contributed by atoms with Crippen molar-refractivity contribution in [3.63, 3.8) is 0 Å². The van der Waals surface area contributed by atoms with Crippen LogP contribution in [0.3, 0.4) is 0 Å². The lowest BCUT2D eigenvalue weighted by Gasteiger charge is -2.33. The molecule has 1 saturated heterocycles.